The average Bonchev–Trinajstić information content (AvgIpc) is 2.48. The summed E-state index contributed by atoms with van der Waals surface area (Å²) >= 11 is 0. The maximum Gasteiger partial charge on any atom is 0.223 e. The van der Waals surface area contributed by atoms with Gasteiger partial charge in [-0.1, -0.05) is 38.3 Å². The average molecular weight is 274 g/mol. The zero-order chi connectivity index (χ0) is 14.5. The van der Waals surface area contributed by atoms with Crippen LogP contribution in [0.3, 0.4) is 0 Å². The van der Waals surface area contributed by atoms with Gasteiger partial charge in [-0.05, 0) is 36.5 Å². The Bertz CT molecular complexity index is 435. The molecule has 1 unspecified atom stereocenters. The molecule has 0 saturated heterocycles. The van der Waals surface area contributed by atoms with Crippen molar-refractivity contribution in [3.8, 4) is 0 Å². The highest BCUT2D eigenvalue weighted by Crippen LogP contribution is 2.25. The van der Waals surface area contributed by atoms with Crippen molar-refractivity contribution in [2.45, 2.75) is 57.4 Å². The van der Waals surface area contributed by atoms with Gasteiger partial charge in [0.25, 0.3) is 0 Å². The van der Waals surface area contributed by atoms with E-state index in [4.69, 9.17) is 5.73 Å². The predicted octanol–water partition coefficient (Wildman–Crippen LogP) is 3.55. The summed E-state index contributed by atoms with van der Waals surface area (Å²) in [7, 11) is 1.97. The van der Waals surface area contributed by atoms with Crippen LogP contribution in [0.1, 0.15) is 56.9 Å². The number of amides is 1. The first-order valence-electron chi connectivity index (χ1n) is 7.69. The van der Waals surface area contributed by atoms with Gasteiger partial charge in [-0.3, -0.25) is 4.79 Å². The summed E-state index contributed by atoms with van der Waals surface area (Å²) in [5.74, 6) is 0.510. The quantitative estimate of drug-likeness (QED) is 0.853. The van der Waals surface area contributed by atoms with Crippen molar-refractivity contribution in [3.05, 3.63) is 29.8 Å². The highest BCUT2D eigenvalue weighted by Gasteiger charge is 2.23. The van der Waals surface area contributed by atoms with Crippen LogP contribution in [-0.4, -0.2) is 23.9 Å². The van der Waals surface area contributed by atoms with Crippen molar-refractivity contribution in [3.63, 3.8) is 0 Å². The molecule has 0 spiro atoms. The number of rotatable bonds is 4. The third kappa shape index (κ3) is 3.75. The molecule has 3 heteroatoms. The number of nitrogen functional groups attached to an aromatic ring is 1. The van der Waals surface area contributed by atoms with Crippen LogP contribution < -0.4 is 5.73 Å². The second kappa shape index (κ2) is 6.78. The Hall–Kier alpha value is -1.51. The summed E-state index contributed by atoms with van der Waals surface area (Å²) in [6, 6.07) is 8.30. The fourth-order valence-corrected chi connectivity index (χ4v) is 3.02. The Morgan fingerprint density at radius 3 is 2.45 bits per heavy atom. The molecule has 3 nitrogen and oxygen atoms in total. The van der Waals surface area contributed by atoms with Gasteiger partial charge in [-0.15, -0.1) is 0 Å². The summed E-state index contributed by atoms with van der Waals surface area (Å²) in [6.07, 6.45) is 6.75. The third-order valence-electron chi connectivity index (χ3n) is 4.50. The van der Waals surface area contributed by atoms with E-state index < -0.39 is 0 Å². The van der Waals surface area contributed by atoms with Gasteiger partial charge in [0.15, 0.2) is 0 Å². The van der Waals surface area contributed by atoms with Gasteiger partial charge in [0.1, 0.15) is 0 Å². The Labute approximate surface area is 122 Å². The van der Waals surface area contributed by atoms with E-state index in [0.717, 1.165) is 5.69 Å². The monoisotopic (exact) mass is 274 g/mol. The molecule has 2 rings (SSSR count). The van der Waals surface area contributed by atoms with E-state index in [1.807, 2.05) is 36.2 Å². The maximum absolute atomic E-state index is 12.4. The lowest BCUT2D eigenvalue weighted by molar-refractivity contribution is -0.132. The van der Waals surface area contributed by atoms with Crippen molar-refractivity contribution in [2.24, 2.45) is 0 Å². The number of nitrogens with two attached hydrogens (primary N) is 1. The first-order chi connectivity index (χ1) is 9.58. The fourth-order valence-electron chi connectivity index (χ4n) is 3.02. The van der Waals surface area contributed by atoms with Crippen LogP contribution in [0.25, 0.3) is 0 Å². The zero-order valence-electron chi connectivity index (χ0n) is 12.6. The number of carbonyl (C=O) groups is 1. The number of benzene rings is 1. The van der Waals surface area contributed by atoms with Crippen molar-refractivity contribution in [1.29, 1.82) is 0 Å². The molecule has 1 aromatic rings. The summed E-state index contributed by atoms with van der Waals surface area (Å²) in [5.41, 5.74) is 7.65. The topological polar surface area (TPSA) is 46.3 Å². The van der Waals surface area contributed by atoms with Crippen molar-refractivity contribution < 1.29 is 4.79 Å². The van der Waals surface area contributed by atoms with Gasteiger partial charge in [-0.25, -0.2) is 0 Å². The number of anilines is 1. The molecule has 0 aromatic heterocycles. The maximum atomic E-state index is 12.4. The fraction of sp³-hybridized carbons (Fsp3) is 0.588. The molecule has 1 aliphatic carbocycles. The Morgan fingerprint density at radius 1 is 1.25 bits per heavy atom. The van der Waals surface area contributed by atoms with Crippen molar-refractivity contribution >= 4 is 11.6 Å². The van der Waals surface area contributed by atoms with E-state index in [1.165, 1.54) is 37.7 Å². The molecule has 0 heterocycles. The van der Waals surface area contributed by atoms with Crippen LogP contribution in [0.4, 0.5) is 5.69 Å². The summed E-state index contributed by atoms with van der Waals surface area (Å²) in [6.45, 7) is 2.11. The van der Waals surface area contributed by atoms with Crippen LogP contribution in [-0.2, 0) is 4.79 Å². The Kier molecular flexibility index (Phi) is 5.05. The van der Waals surface area contributed by atoms with E-state index in [1.54, 1.807) is 0 Å². The SMILES string of the molecule is CC(CC(=O)N(C)C1CCCCC1)c1ccc(N)cc1. The second-order valence-electron chi connectivity index (χ2n) is 6.07. The van der Waals surface area contributed by atoms with Crippen molar-refractivity contribution in [2.75, 3.05) is 12.8 Å². The Morgan fingerprint density at radius 2 is 1.85 bits per heavy atom. The smallest absolute Gasteiger partial charge is 0.223 e. The highest BCUT2D eigenvalue weighted by molar-refractivity contribution is 5.77. The summed E-state index contributed by atoms with van der Waals surface area (Å²) in [4.78, 5) is 14.4. The molecule has 1 fully saturated rings. The summed E-state index contributed by atoms with van der Waals surface area (Å²) < 4.78 is 0. The number of carbonyl (C=O) groups excluding carboxylic acids is 1. The minimum absolute atomic E-state index is 0.245. The number of hydrogen-bond donors (Lipinski definition) is 1. The Balaban J connectivity index is 1.91. The van der Waals surface area contributed by atoms with Gasteiger partial charge < -0.3 is 10.6 Å². The third-order valence-corrected chi connectivity index (χ3v) is 4.50. The lowest BCUT2D eigenvalue weighted by Crippen LogP contribution is -2.38. The largest absolute Gasteiger partial charge is 0.399 e. The normalized spacial score (nSPS) is 17.7. The molecule has 0 radical (unpaired) electrons. The summed E-state index contributed by atoms with van der Waals surface area (Å²) in [5, 5.41) is 0. The molecule has 1 atom stereocenters. The molecule has 2 N–H and O–H groups in total. The van der Waals surface area contributed by atoms with Crippen LogP contribution in [0, 0.1) is 0 Å². The first-order valence-corrected chi connectivity index (χ1v) is 7.69. The lowest BCUT2D eigenvalue weighted by Gasteiger charge is -2.32. The predicted molar refractivity (Wildman–Crippen MR) is 83.5 cm³/mol. The van der Waals surface area contributed by atoms with Gasteiger partial charge in [0, 0.05) is 25.2 Å². The standard InChI is InChI=1S/C17H26N2O/c1-13(14-8-10-15(18)11-9-14)12-17(20)19(2)16-6-4-3-5-7-16/h8-11,13,16H,3-7,12,18H2,1-2H3. The molecule has 0 aliphatic heterocycles. The van der Waals surface area contributed by atoms with Crippen LogP contribution in [0.2, 0.25) is 0 Å². The van der Waals surface area contributed by atoms with Crippen molar-refractivity contribution in [1.82, 2.24) is 4.90 Å². The molecule has 110 valence electrons. The molecule has 20 heavy (non-hydrogen) atoms. The molecular formula is C17H26N2O. The van der Waals surface area contributed by atoms with Gasteiger partial charge in [-0.2, -0.15) is 0 Å². The molecule has 1 aliphatic rings. The van der Waals surface area contributed by atoms with Gasteiger partial charge in [0.2, 0.25) is 5.91 Å². The van der Waals surface area contributed by atoms with Gasteiger partial charge >= 0.3 is 0 Å². The van der Waals surface area contributed by atoms with E-state index in [9.17, 15) is 4.79 Å². The van der Waals surface area contributed by atoms with Crippen LogP contribution >= 0.6 is 0 Å². The van der Waals surface area contributed by atoms with Gasteiger partial charge in [0.05, 0.1) is 0 Å². The molecule has 1 aromatic carbocycles. The second-order valence-corrected chi connectivity index (χ2v) is 6.07. The molecule has 0 bridgehead atoms. The first kappa shape index (κ1) is 14.9. The minimum atomic E-state index is 0.245. The van der Waals surface area contributed by atoms with E-state index in [0.29, 0.717) is 12.5 Å². The zero-order valence-corrected chi connectivity index (χ0v) is 12.6. The van der Waals surface area contributed by atoms with E-state index in [-0.39, 0.29) is 11.8 Å². The molecule has 1 amide bonds. The molecule has 1 saturated carbocycles. The number of nitrogens with zero attached hydrogens (tertiary/aromatic N) is 1. The van der Waals surface area contributed by atoms with E-state index >= 15 is 0 Å². The van der Waals surface area contributed by atoms with Crippen LogP contribution in [0.15, 0.2) is 24.3 Å². The van der Waals surface area contributed by atoms with E-state index in [2.05, 4.69) is 6.92 Å². The number of hydrogen-bond acceptors (Lipinski definition) is 2. The minimum Gasteiger partial charge on any atom is -0.399 e. The van der Waals surface area contributed by atoms with Crippen LogP contribution in [0.5, 0.6) is 0 Å². The molecular weight excluding hydrogens is 248 g/mol. The highest BCUT2D eigenvalue weighted by atomic mass is 16.2. The lowest BCUT2D eigenvalue weighted by atomic mass is 9.93.